The van der Waals surface area contributed by atoms with E-state index in [0.717, 1.165) is 34.2 Å². The lowest BCUT2D eigenvalue weighted by Gasteiger charge is -2.05. The van der Waals surface area contributed by atoms with Crippen molar-refractivity contribution in [1.29, 1.82) is 0 Å². The summed E-state index contributed by atoms with van der Waals surface area (Å²) in [5.41, 5.74) is 1.93. The van der Waals surface area contributed by atoms with Gasteiger partial charge in [0.25, 0.3) is 0 Å². The van der Waals surface area contributed by atoms with Crippen LogP contribution in [0.3, 0.4) is 0 Å². The number of hydrogen-bond donors (Lipinski definition) is 0. The number of carbonyl (C=O) groups excluding carboxylic acids is 1. The highest BCUT2D eigenvalue weighted by Gasteiger charge is 2.24. The predicted molar refractivity (Wildman–Crippen MR) is 102 cm³/mol. The molecule has 0 aliphatic carbocycles. The monoisotopic (exact) mass is 399 g/mol. The normalized spacial score (nSPS) is 15.2. The van der Waals surface area contributed by atoms with Crippen LogP contribution in [0.4, 0.5) is 0 Å². The van der Waals surface area contributed by atoms with Gasteiger partial charge in [0.2, 0.25) is 5.90 Å². The maximum Gasteiger partial charge on any atom is 0.363 e. The summed E-state index contributed by atoms with van der Waals surface area (Å²) < 4.78 is 11.9. The second-order valence-electron chi connectivity index (χ2n) is 5.61. The Morgan fingerprint density at radius 2 is 1.84 bits per heavy atom. The Kier molecular flexibility index (Phi) is 5.66. The predicted octanol–water partition coefficient (Wildman–Crippen LogP) is 4.97. The van der Waals surface area contributed by atoms with Gasteiger partial charge in [-0.1, -0.05) is 41.4 Å². The standard InChI is InChI=1S/C20H18BrNO3/c1-2-3-12-24-17-10-6-15(7-11-17)19-22-18(20(23)25-19)13-14-4-8-16(21)9-5-14/h4-11,13H,2-3,12H2,1H3/b18-13-. The van der Waals surface area contributed by atoms with E-state index in [1.807, 2.05) is 48.5 Å². The summed E-state index contributed by atoms with van der Waals surface area (Å²) in [7, 11) is 0. The first kappa shape index (κ1) is 17.4. The van der Waals surface area contributed by atoms with Gasteiger partial charge in [0.15, 0.2) is 5.70 Å². The molecule has 0 saturated carbocycles. The minimum Gasteiger partial charge on any atom is -0.494 e. The van der Waals surface area contributed by atoms with Gasteiger partial charge in [-0.2, -0.15) is 0 Å². The van der Waals surface area contributed by atoms with E-state index in [4.69, 9.17) is 9.47 Å². The fraction of sp³-hybridized carbons (Fsp3) is 0.200. The van der Waals surface area contributed by atoms with E-state index in [-0.39, 0.29) is 0 Å². The van der Waals surface area contributed by atoms with Crippen LogP contribution < -0.4 is 4.74 Å². The zero-order valence-corrected chi connectivity index (χ0v) is 15.5. The average molecular weight is 400 g/mol. The van der Waals surface area contributed by atoms with Crippen LogP contribution in [0.1, 0.15) is 30.9 Å². The molecule has 0 unspecified atom stereocenters. The van der Waals surface area contributed by atoms with Crippen molar-refractivity contribution in [2.45, 2.75) is 19.8 Å². The number of hydrogen-bond acceptors (Lipinski definition) is 4. The highest BCUT2D eigenvalue weighted by Crippen LogP contribution is 2.21. The lowest BCUT2D eigenvalue weighted by atomic mass is 10.2. The molecule has 0 spiro atoms. The third-order valence-corrected chi connectivity index (χ3v) is 4.19. The molecule has 1 aliphatic rings. The van der Waals surface area contributed by atoms with Gasteiger partial charge in [0.05, 0.1) is 6.61 Å². The van der Waals surface area contributed by atoms with Crippen molar-refractivity contribution in [3.63, 3.8) is 0 Å². The van der Waals surface area contributed by atoms with Crippen LogP contribution in [0.2, 0.25) is 0 Å². The Morgan fingerprint density at radius 3 is 2.52 bits per heavy atom. The van der Waals surface area contributed by atoms with Gasteiger partial charge in [-0.3, -0.25) is 0 Å². The van der Waals surface area contributed by atoms with Gasteiger partial charge in [-0.25, -0.2) is 9.79 Å². The molecule has 1 aliphatic heterocycles. The molecule has 2 aromatic carbocycles. The summed E-state index contributed by atoms with van der Waals surface area (Å²) in [5, 5.41) is 0. The number of nitrogens with zero attached hydrogens (tertiary/aromatic N) is 1. The fourth-order valence-electron chi connectivity index (χ4n) is 2.28. The number of aliphatic imine (C=N–C) groups is 1. The summed E-state index contributed by atoms with van der Waals surface area (Å²) in [5.74, 6) is 0.669. The molecule has 5 heteroatoms. The SMILES string of the molecule is CCCCOc1ccc(C2=N/C(=C\c3ccc(Br)cc3)C(=O)O2)cc1. The lowest BCUT2D eigenvalue weighted by Crippen LogP contribution is -2.05. The summed E-state index contributed by atoms with van der Waals surface area (Å²) >= 11 is 3.39. The number of esters is 1. The van der Waals surface area contributed by atoms with Crippen LogP contribution in [0.15, 0.2) is 63.7 Å². The van der Waals surface area contributed by atoms with Gasteiger partial charge >= 0.3 is 5.97 Å². The molecule has 4 nitrogen and oxygen atoms in total. The van der Waals surface area contributed by atoms with Gasteiger partial charge in [-0.15, -0.1) is 0 Å². The first-order valence-electron chi connectivity index (χ1n) is 8.17. The van der Waals surface area contributed by atoms with Crippen LogP contribution in [0.25, 0.3) is 6.08 Å². The van der Waals surface area contributed by atoms with E-state index in [0.29, 0.717) is 18.2 Å². The molecule has 25 heavy (non-hydrogen) atoms. The maximum absolute atomic E-state index is 12.0. The lowest BCUT2D eigenvalue weighted by molar-refractivity contribution is -0.129. The molecule has 0 aromatic heterocycles. The van der Waals surface area contributed by atoms with Crippen LogP contribution in [-0.2, 0) is 9.53 Å². The minimum atomic E-state index is -0.443. The highest BCUT2D eigenvalue weighted by molar-refractivity contribution is 9.10. The zero-order chi connectivity index (χ0) is 17.6. The van der Waals surface area contributed by atoms with Crippen molar-refractivity contribution in [2.24, 2.45) is 4.99 Å². The Balaban J connectivity index is 1.74. The molecule has 0 N–H and O–H groups in total. The zero-order valence-electron chi connectivity index (χ0n) is 13.9. The molecule has 0 amide bonds. The number of rotatable bonds is 6. The molecule has 0 radical (unpaired) electrons. The minimum absolute atomic E-state index is 0.292. The molecule has 0 fully saturated rings. The van der Waals surface area contributed by atoms with Crippen molar-refractivity contribution in [3.8, 4) is 5.75 Å². The Labute approximate surface area is 155 Å². The van der Waals surface area contributed by atoms with Crippen LogP contribution in [0.5, 0.6) is 5.75 Å². The molecular formula is C20H18BrNO3. The Hall–Kier alpha value is -2.40. The summed E-state index contributed by atoms with van der Waals surface area (Å²) in [4.78, 5) is 16.3. The highest BCUT2D eigenvalue weighted by atomic mass is 79.9. The summed E-state index contributed by atoms with van der Waals surface area (Å²) in [6.45, 7) is 2.82. The van der Waals surface area contributed by atoms with Crippen molar-refractivity contribution < 1.29 is 14.3 Å². The van der Waals surface area contributed by atoms with Crippen molar-refractivity contribution in [2.75, 3.05) is 6.61 Å². The van der Waals surface area contributed by atoms with Gasteiger partial charge < -0.3 is 9.47 Å². The molecule has 0 saturated heterocycles. The topological polar surface area (TPSA) is 47.9 Å². The number of ether oxygens (including phenoxy) is 2. The molecule has 0 atom stereocenters. The summed E-state index contributed by atoms with van der Waals surface area (Å²) in [6, 6.07) is 15.0. The maximum atomic E-state index is 12.0. The van der Waals surface area contributed by atoms with E-state index in [1.165, 1.54) is 0 Å². The van der Waals surface area contributed by atoms with E-state index in [9.17, 15) is 4.79 Å². The first-order chi connectivity index (χ1) is 12.2. The van der Waals surface area contributed by atoms with Crippen LogP contribution >= 0.6 is 15.9 Å². The third-order valence-electron chi connectivity index (χ3n) is 3.66. The first-order valence-corrected chi connectivity index (χ1v) is 8.96. The Morgan fingerprint density at radius 1 is 1.12 bits per heavy atom. The number of benzene rings is 2. The van der Waals surface area contributed by atoms with E-state index in [1.54, 1.807) is 6.08 Å². The van der Waals surface area contributed by atoms with Gasteiger partial charge in [0.1, 0.15) is 5.75 Å². The fourth-order valence-corrected chi connectivity index (χ4v) is 2.54. The second kappa shape index (κ2) is 8.12. The largest absolute Gasteiger partial charge is 0.494 e. The third kappa shape index (κ3) is 4.57. The number of cyclic esters (lactones) is 1. The Bertz CT molecular complexity index is 808. The van der Waals surface area contributed by atoms with Crippen LogP contribution in [-0.4, -0.2) is 18.5 Å². The smallest absolute Gasteiger partial charge is 0.363 e. The molecule has 2 aromatic rings. The van der Waals surface area contributed by atoms with E-state index in [2.05, 4.69) is 27.8 Å². The number of halogens is 1. The average Bonchev–Trinajstić information content (AvgIpc) is 2.98. The number of carbonyl (C=O) groups is 1. The molecule has 128 valence electrons. The second-order valence-corrected chi connectivity index (χ2v) is 6.53. The summed E-state index contributed by atoms with van der Waals surface area (Å²) in [6.07, 6.45) is 3.83. The molecular weight excluding hydrogens is 382 g/mol. The molecule has 0 bridgehead atoms. The van der Waals surface area contributed by atoms with Crippen molar-refractivity contribution in [3.05, 3.63) is 69.8 Å². The molecule has 1 heterocycles. The van der Waals surface area contributed by atoms with Gasteiger partial charge in [0, 0.05) is 10.0 Å². The van der Waals surface area contributed by atoms with Crippen LogP contribution in [0, 0.1) is 0 Å². The number of unbranched alkanes of at least 4 members (excludes halogenated alkanes) is 1. The quantitative estimate of drug-likeness (QED) is 0.391. The van der Waals surface area contributed by atoms with Crippen molar-refractivity contribution in [1.82, 2.24) is 0 Å². The van der Waals surface area contributed by atoms with E-state index >= 15 is 0 Å². The van der Waals surface area contributed by atoms with Crippen molar-refractivity contribution >= 4 is 33.9 Å². The van der Waals surface area contributed by atoms with E-state index < -0.39 is 5.97 Å². The van der Waals surface area contributed by atoms with Gasteiger partial charge in [-0.05, 0) is 54.5 Å². The molecule has 3 rings (SSSR count).